The van der Waals surface area contributed by atoms with Gasteiger partial charge in [-0.05, 0) is 61.9 Å². The van der Waals surface area contributed by atoms with E-state index in [9.17, 15) is 19.2 Å². The number of hydrogen-bond donors (Lipinski definition) is 0. The summed E-state index contributed by atoms with van der Waals surface area (Å²) in [6.45, 7) is 3.59. The van der Waals surface area contributed by atoms with Gasteiger partial charge in [0.1, 0.15) is 12.7 Å². The Morgan fingerprint density at radius 2 is 0.981 bits per heavy atom. The highest BCUT2D eigenvalue weighted by molar-refractivity contribution is 5.91. The number of esters is 4. The maximum Gasteiger partial charge on any atom is 0.338 e. The van der Waals surface area contributed by atoms with Crippen molar-refractivity contribution in [1.82, 2.24) is 0 Å². The van der Waals surface area contributed by atoms with E-state index < -0.39 is 61.2 Å². The first-order valence-electron chi connectivity index (χ1n) is 17.6. The van der Waals surface area contributed by atoms with Crippen molar-refractivity contribution in [3.05, 3.63) is 144 Å². The molecule has 5 rings (SSSR count). The van der Waals surface area contributed by atoms with E-state index in [4.69, 9.17) is 28.4 Å². The number of carbonyl (C=O) groups excluding carboxylic acids is 4. The van der Waals surface area contributed by atoms with Crippen molar-refractivity contribution < 1.29 is 47.6 Å². The third kappa shape index (κ3) is 10.6. The highest BCUT2D eigenvalue weighted by Gasteiger charge is 2.54. The Bertz CT molecular complexity index is 1720. The summed E-state index contributed by atoms with van der Waals surface area (Å²) in [5, 5.41) is 0. The lowest BCUT2D eigenvalue weighted by Crippen LogP contribution is -2.63. The zero-order chi connectivity index (χ0) is 36.7. The van der Waals surface area contributed by atoms with Gasteiger partial charge in [-0.3, -0.25) is 0 Å². The molecule has 10 nitrogen and oxygen atoms in total. The molecule has 6 atom stereocenters. The summed E-state index contributed by atoms with van der Waals surface area (Å²) in [6.07, 6.45) is -2.47. The van der Waals surface area contributed by atoms with Crippen LogP contribution in [0, 0.1) is 0 Å². The van der Waals surface area contributed by atoms with Gasteiger partial charge in [0.15, 0.2) is 24.6 Å². The van der Waals surface area contributed by atoms with Crippen LogP contribution in [0.25, 0.3) is 0 Å². The number of benzene rings is 4. The summed E-state index contributed by atoms with van der Waals surface area (Å²) >= 11 is 0. The molecule has 1 fully saturated rings. The first kappa shape index (κ1) is 37.9. The van der Waals surface area contributed by atoms with Crippen LogP contribution >= 0.6 is 0 Å². The highest BCUT2D eigenvalue weighted by atomic mass is 16.7. The molecule has 0 spiro atoms. The molecule has 0 saturated carbocycles. The Morgan fingerprint density at radius 1 is 0.558 bits per heavy atom. The predicted octanol–water partition coefficient (Wildman–Crippen LogP) is 7.62. The predicted molar refractivity (Wildman–Crippen MR) is 192 cm³/mol. The van der Waals surface area contributed by atoms with Crippen molar-refractivity contribution in [2.45, 2.75) is 82.8 Å². The van der Waals surface area contributed by atoms with E-state index in [1.54, 1.807) is 121 Å². The summed E-state index contributed by atoms with van der Waals surface area (Å²) in [5.41, 5.74) is 0.960. The maximum atomic E-state index is 13.7. The van der Waals surface area contributed by atoms with Gasteiger partial charge < -0.3 is 28.4 Å². The van der Waals surface area contributed by atoms with E-state index in [1.807, 2.05) is 6.92 Å². The normalized spacial score (nSPS) is 20.2. The lowest BCUT2D eigenvalue weighted by molar-refractivity contribution is -0.307. The molecule has 1 heterocycles. The monoisotopic (exact) mass is 708 g/mol. The van der Waals surface area contributed by atoms with Crippen LogP contribution in [0.4, 0.5) is 0 Å². The summed E-state index contributed by atoms with van der Waals surface area (Å²) in [7, 11) is 0. The van der Waals surface area contributed by atoms with Gasteiger partial charge in [-0.2, -0.15) is 0 Å². The molecule has 1 aliphatic heterocycles. The van der Waals surface area contributed by atoms with Crippen molar-refractivity contribution in [2.75, 3.05) is 6.61 Å². The third-order valence-electron chi connectivity index (χ3n) is 8.57. The molecule has 1 aliphatic rings. The summed E-state index contributed by atoms with van der Waals surface area (Å²) < 4.78 is 36.8. The van der Waals surface area contributed by atoms with Gasteiger partial charge in [0.25, 0.3) is 0 Å². The standard InChI is InChI=1S/C42H44O10/c1-3-4-5-10-19-29(2)48-42-37(52-41(46)33-26-17-9-18-27-33)36(51-40(45)32-24-15-8-16-25-32)35(50-39(44)31-22-13-7-14-23-31)34(49-42)28-47-38(43)30-20-11-6-12-21-30/h6-9,11-18,20-27,29,34-37,42H,3-5,10,19,28H2,1-2H3/t29-,34-,35-,36+,37-,42-/m1/s1. The Hall–Kier alpha value is -5.32. The third-order valence-corrected chi connectivity index (χ3v) is 8.57. The molecule has 0 aromatic heterocycles. The molecule has 0 bridgehead atoms. The van der Waals surface area contributed by atoms with Crippen LogP contribution in [0.2, 0.25) is 0 Å². The van der Waals surface area contributed by atoms with Crippen LogP contribution in [0.15, 0.2) is 121 Å². The van der Waals surface area contributed by atoms with Gasteiger partial charge in [0.2, 0.25) is 0 Å². The van der Waals surface area contributed by atoms with Crippen LogP contribution in [0.1, 0.15) is 87.4 Å². The fourth-order valence-electron chi connectivity index (χ4n) is 5.79. The van der Waals surface area contributed by atoms with Crippen molar-refractivity contribution in [3.8, 4) is 0 Å². The average Bonchev–Trinajstić information content (AvgIpc) is 3.19. The zero-order valence-electron chi connectivity index (χ0n) is 29.3. The Kier molecular flexibility index (Phi) is 14.1. The van der Waals surface area contributed by atoms with Crippen LogP contribution in [-0.4, -0.2) is 67.3 Å². The number of unbranched alkanes of at least 4 members (excludes halogenated alkanes) is 3. The van der Waals surface area contributed by atoms with Gasteiger partial charge >= 0.3 is 23.9 Å². The highest BCUT2D eigenvalue weighted by Crippen LogP contribution is 2.33. The molecule has 0 aliphatic carbocycles. The van der Waals surface area contributed by atoms with E-state index >= 15 is 0 Å². The average molecular weight is 709 g/mol. The topological polar surface area (TPSA) is 124 Å². The smallest absolute Gasteiger partial charge is 0.338 e. The molecule has 10 heteroatoms. The second-order valence-corrected chi connectivity index (χ2v) is 12.5. The van der Waals surface area contributed by atoms with Gasteiger partial charge in [-0.15, -0.1) is 0 Å². The largest absolute Gasteiger partial charge is 0.459 e. The quantitative estimate of drug-likeness (QED) is 0.0652. The number of carbonyl (C=O) groups is 4. The molecule has 4 aromatic rings. The summed E-state index contributed by atoms with van der Waals surface area (Å²) in [4.78, 5) is 54.1. The van der Waals surface area contributed by atoms with E-state index in [0.717, 1.165) is 25.7 Å². The van der Waals surface area contributed by atoms with Gasteiger partial charge in [-0.1, -0.05) is 105 Å². The maximum absolute atomic E-state index is 13.7. The van der Waals surface area contributed by atoms with Crippen molar-refractivity contribution in [1.29, 1.82) is 0 Å². The Balaban J connectivity index is 1.53. The first-order valence-corrected chi connectivity index (χ1v) is 17.6. The second kappa shape index (κ2) is 19.3. The molecule has 0 N–H and O–H groups in total. The number of ether oxygens (including phenoxy) is 6. The van der Waals surface area contributed by atoms with Crippen LogP contribution in [0.5, 0.6) is 0 Å². The van der Waals surface area contributed by atoms with Crippen LogP contribution in [0.3, 0.4) is 0 Å². The fraction of sp³-hybridized carbons (Fsp3) is 0.333. The molecule has 0 unspecified atom stereocenters. The molecule has 0 amide bonds. The van der Waals surface area contributed by atoms with Crippen LogP contribution in [-0.2, 0) is 28.4 Å². The van der Waals surface area contributed by atoms with Gasteiger partial charge in [0, 0.05) is 0 Å². The van der Waals surface area contributed by atoms with Crippen molar-refractivity contribution in [2.24, 2.45) is 0 Å². The Morgan fingerprint density at radius 3 is 1.44 bits per heavy atom. The Labute approximate surface area is 303 Å². The second-order valence-electron chi connectivity index (χ2n) is 12.5. The minimum Gasteiger partial charge on any atom is -0.459 e. The minimum atomic E-state index is -1.46. The first-order chi connectivity index (χ1) is 25.3. The lowest BCUT2D eigenvalue weighted by Gasteiger charge is -2.45. The fourth-order valence-corrected chi connectivity index (χ4v) is 5.79. The molecular weight excluding hydrogens is 664 g/mol. The molecular formula is C42H44O10. The van der Waals surface area contributed by atoms with E-state index in [-0.39, 0.29) is 22.8 Å². The SMILES string of the molecule is CCCCCC[C@@H](C)O[C@@H]1O[C@H](COC(=O)c2ccccc2)[C@@H](OC(=O)c2ccccc2)[C@H](OC(=O)c2ccccc2)[C@H]1OC(=O)c1ccccc1. The van der Waals surface area contributed by atoms with Gasteiger partial charge in [-0.25, -0.2) is 19.2 Å². The van der Waals surface area contributed by atoms with Crippen molar-refractivity contribution in [3.63, 3.8) is 0 Å². The van der Waals surface area contributed by atoms with Gasteiger partial charge in [0.05, 0.1) is 28.4 Å². The summed E-state index contributed by atoms with van der Waals surface area (Å²) in [6, 6.07) is 33.2. The van der Waals surface area contributed by atoms with Crippen molar-refractivity contribution >= 4 is 23.9 Å². The van der Waals surface area contributed by atoms with E-state index in [2.05, 4.69) is 6.92 Å². The van der Waals surface area contributed by atoms with E-state index in [1.165, 1.54) is 0 Å². The lowest BCUT2D eigenvalue weighted by atomic mass is 9.97. The molecule has 272 valence electrons. The minimum absolute atomic E-state index is 0.212. The van der Waals surface area contributed by atoms with E-state index in [0.29, 0.717) is 12.0 Å². The molecule has 52 heavy (non-hydrogen) atoms. The molecule has 1 saturated heterocycles. The molecule has 0 radical (unpaired) electrons. The number of rotatable bonds is 16. The zero-order valence-corrected chi connectivity index (χ0v) is 29.3. The number of hydrogen-bond acceptors (Lipinski definition) is 10. The molecule has 4 aromatic carbocycles. The summed E-state index contributed by atoms with van der Waals surface area (Å²) in [5.74, 6) is -2.90. The van der Waals surface area contributed by atoms with Crippen LogP contribution < -0.4 is 0 Å².